The summed E-state index contributed by atoms with van der Waals surface area (Å²) >= 11 is 0. The van der Waals surface area contributed by atoms with Crippen molar-refractivity contribution in [3.63, 3.8) is 0 Å². The lowest BCUT2D eigenvalue weighted by Crippen LogP contribution is -2.70. The lowest BCUT2D eigenvalue weighted by Gasteiger charge is -2.66. The van der Waals surface area contributed by atoms with Crippen LogP contribution >= 0.6 is 0 Å². The third-order valence-electron chi connectivity index (χ3n) is 10.8. The van der Waals surface area contributed by atoms with Gasteiger partial charge in [-0.1, -0.05) is 20.8 Å². The maximum absolute atomic E-state index is 13.5. The SMILES string of the molecule is COCCOCOCC(=O)O[C@H]1CC2C(C)(COC(C)=O)[C@@H](C)CC[C@]2(C)C2[C@@H](O)c3c(cc(-c4cccnc4)oc3=O)O[C@@]21C. The molecule has 252 valence electrons. The number of ether oxygens (including phenoxy) is 6. The highest BCUT2D eigenvalue weighted by Gasteiger charge is 2.70. The van der Waals surface area contributed by atoms with Crippen LogP contribution in [0.25, 0.3) is 11.3 Å². The monoisotopic (exact) mass is 643 g/mol. The van der Waals surface area contributed by atoms with Crippen molar-refractivity contribution in [3.8, 4) is 17.1 Å². The summed E-state index contributed by atoms with van der Waals surface area (Å²) in [7, 11) is 1.56. The van der Waals surface area contributed by atoms with Crippen molar-refractivity contribution in [2.75, 3.05) is 40.3 Å². The van der Waals surface area contributed by atoms with Crippen molar-refractivity contribution in [1.82, 2.24) is 4.98 Å². The first kappa shape index (κ1) is 34.0. The summed E-state index contributed by atoms with van der Waals surface area (Å²) in [6.07, 6.45) is 2.93. The largest absolute Gasteiger partial charge is 0.482 e. The van der Waals surface area contributed by atoms with Gasteiger partial charge in [0.25, 0.3) is 0 Å². The molecule has 2 aromatic heterocycles. The minimum absolute atomic E-state index is 0.0268. The van der Waals surface area contributed by atoms with E-state index < -0.39 is 46.2 Å². The summed E-state index contributed by atoms with van der Waals surface area (Å²) in [5.41, 5.74) is -2.48. The van der Waals surface area contributed by atoms with Crippen molar-refractivity contribution < 1.29 is 47.5 Å². The fourth-order valence-electron chi connectivity index (χ4n) is 8.28. The molecule has 0 amide bonds. The Morgan fingerprint density at radius 2 is 1.96 bits per heavy atom. The first-order valence-electron chi connectivity index (χ1n) is 15.8. The van der Waals surface area contributed by atoms with Crippen molar-refractivity contribution in [2.45, 2.75) is 71.7 Å². The molecule has 3 aliphatic rings. The van der Waals surface area contributed by atoms with E-state index in [2.05, 4.69) is 25.8 Å². The molecule has 3 heterocycles. The van der Waals surface area contributed by atoms with Gasteiger partial charge in [0.05, 0.1) is 25.9 Å². The molecule has 0 spiro atoms. The van der Waals surface area contributed by atoms with E-state index in [0.29, 0.717) is 31.6 Å². The van der Waals surface area contributed by atoms with E-state index >= 15 is 0 Å². The van der Waals surface area contributed by atoms with Gasteiger partial charge in [0.15, 0.2) is 0 Å². The number of nitrogens with zero attached hydrogens (tertiary/aromatic N) is 1. The Kier molecular flexibility index (Phi) is 9.93. The molecule has 0 saturated heterocycles. The predicted molar refractivity (Wildman–Crippen MR) is 164 cm³/mol. The molecule has 0 aromatic carbocycles. The van der Waals surface area contributed by atoms with Crippen LogP contribution in [0.2, 0.25) is 0 Å². The smallest absolute Gasteiger partial charge is 0.345 e. The number of aliphatic hydroxyl groups is 1. The lowest BCUT2D eigenvalue weighted by molar-refractivity contribution is -0.263. The summed E-state index contributed by atoms with van der Waals surface area (Å²) in [6, 6.07) is 5.06. The summed E-state index contributed by atoms with van der Waals surface area (Å²) in [6.45, 7) is 9.93. The van der Waals surface area contributed by atoms with Gasteiger partial charge in [-0.15, -0.1) is 0 Å². The molecule has 12 nitrogen and oxygen atoms in total. The minimum atomic E-state index is -1.29. The van der Waals surface area contributed by atoms with Gasteiger partial charge >= 0.3 is 17.6 Å². The summed E-state index contributed by atoms with van der Waals surface area (Å²) < 4.78 is 39.9. The topological polar surface area (TPSA) is 153 Å². The van der Waals surface area contributed by atoms with Gasteiger partial charge in [-0.3, -0.25) is 9.78 Å². The Balaban J connectivity index is 1.54. The predicted octanol–water partition coefficient (Wildman–Crippen LogP) is 4.08. The van der Waals surface area contributed by atoms with Gasteiger partial charge in [-0.25, -0.2) is 9.59 Å². The fraction of sp³-hybridized carbons (Fsp3) is 0.647. The standard InChI is InChI=1S/C34H45NO11/c1-20-9-10-32(3)25(33(20,4)18-43-21(2)36)15-26(45-27(37)17-42-19-41-13-12-40-6)34(5)30(32)29(38)28-24(46-34)14-23(44-31(28)39)22-8-7-11-35-16-22/h7-8,11,14,16,20,25-26,29-30,38H,9-10,12-13,15,17-19H2,1-6H3/t20-,25?,26-,29-,30?,32-,33?,34+/m0/s1. The highest BCUT2D eigenvalue weighted by molar-refractivity contribution is 5.71. The number of aromatic nitrogens is 1. The Morgan fingerprint density at radius 1 is 1.17 bits per heavy atom. The highest BCUT2D eigenvalue weighted by atomic mass is 16.7. The molecule has 0 bridgehead atoms. The van der Waals surface area contributed by atoms with E-state index in [-0.39, 0.29) is 54.9 Å². The molecule has 2 aromatic rings. The van der Waals surface area contributed by atoms with Crippen molar-refractivity contribution in [2.24, 2.45) is 28.6 Å². The molecule has 46 heavy (non-hydrogen) atoms. The number of rotatable bonds is 11. The van der Waals surface area contributed by atoms with E-state index in [4.69, 9.17) is 32.8 Å². The second-order valence-electron chi connectivity index (χ2n) is 13.5. The van der Waals surface area contributed by atoms with E-state index in [1.54, 1.807) is 37.7 Å². The molecule has 3 unspecified atom stereocenters. The maximum Gasteiger partial charge on any atom is 0.345 e. The maximum atomic E-state index is 13.5. The molecule has 1 aliphatic heterocycles. The van der Waals surface area contributed by atoms with Crippen LogP contribution in [0.15, 0.2) is 39.8 Å². The fourth-order valence-corrected chi connectivity index (χ4v) is 8.28. The number of pyridine rings is 1. The first-order valence-corrected chi connectivity index (χ1v) is 15.8. The van der Waals surface area contributed by atoms with Crippen LogP contribution in [-0.2, 0) is 33.3 Å². The van der Waals surface area contributed by atoms with Gasteiger partial charge in [0, 0.05) is 49.4 Å². The van der Waals surface area contributed by atoms with Gasteiger partial charge in [-0.2, -0.15) is 0 Å². The van der Waals surface area contributed by atoms with Crippen LogP contribution in [0, 0.1) is 28.6 Å². The third-order valence-corrected chi connectivity index (χ3v) is 10.8. The molecule has 2 aliphatic carbocycles. The molecule has 5 rings (SSSR count). The summed E-state index contributed by atoms with van der Waals surface area (Å²) in [5, 5.41) is 12.2. The molecule has 0 radical (unpaired) electrons. The number of carbonyl (C=O) groups excluding carboxylic acids is 2. The van der Waals surface area contributed by atoms with E-state index in [1.165, 1.54) is 6.92 Å². The number of methoxy groups -OCH3 is 1. The van der Waals surface area contributed by atoms with Crippen LogP contribution in [0.3, 0.4) is 0 Å². The average molecular weight is 644 g/mol. The number of aliphatic hydroxyl groups excluding tert-OH is 1. The quantitative estimate of drug-likeness (QED) is 0.213. The molecule has 12 heteroatoms. The Morgan fingerprint density at radius 3 is 2.65 bits per heavy atom. The molecule has 2 fully saturated rings. The average Bonchev–Trinajstić information content (AvgIpc) is 3.01. The Hall–Kier alpha value is -3.32. The van der Waals surface area contributed by atoms with E-state index in [1.807, 2.05) is 6.92 Å². The molecular weight excluding hydrogens is 598 g/mol. The number of hydrogen-bond acceptors (Lipinski definition) is 12. The minimum Gasteiger partial charge on any atom is -0.482 e. The number of fused-ring (bicyclic) bond motifs is 4. The second-order valence-corrected chi connectivity index (χ2v) is 13.5. The Labute approximate surface area is 268 Å². The number of hydrogen-bond donors (Lipinski definition) is 1. The molecule has 1 N–H and O–H groups in total. The van der Waals surface area contributed by atoms with E-state index in [9.17, 15) is 19.5 Å². The number of carbonyl (C=O) groups is 2. The normalized spacial score (nSPS) is 33.2. The second kappa shape index (κ2) is 13.4. The van der Waals surface area contributed by atoms with Crippen molar-refractivity contribution >= 4 is 11.9 Å². The zero-order valence-electron chi connectivity index (χ0n) is 27.4. The molecular formula is C34H45NO11. The number of esters is 2. The van der Waals surface area contributed by atoms with Crippen molar-refractivity contribution in [3.05, 3.63) is 46.6 Å². The van der Waals surface area contributed by atoms with Gasteiger partial charge < -0.3 is 37.9 Å². The zero-order chi connectivity index (χ0) is 33.3. The van der Waals surface area contributed by atoms with Crippen LogP contribution in [-0.4, -0.2) is 74.1 Å². The molecule has 2 saturated carbocycles. The van der Waals surface area contributed by atoms with Crippen LogP contribution in [0.5, 0.6) is 5.75 Å². The summed E-state index contributed by atoms with van der Waals surface area (Å²) in [4.78, 5) is 42.9. The van der Waals surface area contributed by atoms with Crippen LogP contribution < -0.4 is 10.4 Å². The first-order chi connectivity index (χ1) is 21.8. The third kappa shape index (κ3) is 6.20. The van der Waals surface area contributed by atoms with Gasteiger partial charge in [0.1, 0.15) is 42.2 Å². The van der Waals surface area contributed by atoms with Crippen LogP contribution in [0.1, 0.15) is 65.5 Å². The zero-order valence-corrected chi connectivity index (χ0v) is 27.4. The highest BCUT2D eigenvalue weighted by Crippen LogP contribution is 2.68. The lowest BCUT2D eigenvalue weighted by atomic mass is 9.41. The Bertz CT molecular complexity index is 1460. The van der Waals surface area contributed by atoms with Crippen LogP contribution in [0.4, 0.5) is 0 Å². The molecule has 8 atom stereocenters. The van der Waals surface area contributed by atoms with E-state index in [0.717, 1.165) is 6.42 Å². The summed E-state index contributed by atoms with van der Waals surface area (Å²) in [5.74, 6) is -1.31. The van der Waals surface area contributed by atoms with Crippen molar-refractivity contribution in [1.29, 1.82) is 0 Å². The van der Waals surface area contributed by atoms with Gasteiger partial charge in [-0.05, 0) is 55.6 Å². The van der Waals surface area contributed by atoms with Gasteiger partial charge in [0.2, 0.25) is 0 Å².